The van der Waals surface area contributed by atoms with Gasteiger partial charge in [0, 0.05) is 16.5 Å². The number of rotatable bonds is 8. The molecule has 4 aromatic carbocycles. The van der Waals surface area contributed by atoms with Crippen molar-refractivity contribution in [2.24, 2.45) is 0 Å². The lowest BCUT2D eigenvalue weighted by Gasteiger charge is -2.11. The summed E-state index contributed by atoms with van der Waals surface area (Å²) in [6, 6.07) is 15.3. The van der Waals surface area contributed by atoms with Crippen molar-refractivity contribution in [3.05, 3.63) is 89.5 Å². The standard InChI is InChI=1S/C29H26F4O/c1-3-4-5-6-7-18-8-11-23-19(14-18)10-13-24(28(23)33)20-9-12-22(25(30)15-20)21-16-26(31)29(34-2)27(32)17-21/h8-17H,3-7H2,1-2H3. The molecule has 0 saturated carbocycles. The van der Waals surface area contributed by atoms with Crippen molar-refractivity contribution in [2.45, 2.75) is 39.0 Å². The van der Waals surface area contributed by atoms with Gasteiger partial charge in [-0.2, -0.15) is 0 Å². The zero-order valence-corrected chi connectivity index (χ0v) is 19.2. The summed E-state index contributed by atoms with van der Waals surface area (Å²) in [5.74, 6) is -3.51. The molecular weight excluding hydrogens is 440 g/mol. The summed E-state index contributed by atoms with van der Waals surface area (Å²) in [4.78, 5) is 0. The maximum absolute atomic E-state index is 15.3. The molecule has 0 spiro atoms. The smallest absolute Gasteiger partial charge is 0.190 e. The van der Waals surface area contributed by atoms with Gasteiger partial charge in [0.05, 0.1) is 7.11 Å². The molecule has 0 radical (unpaired) electrons. The number of aryl methyl sites for hydroxylation is 1. The van der Waals surface area contributed by atoms with E-state index >= 15 is 4.39 Å². The predicted octanol–water partition coefficient (Wildman–Crippen LogP) is 8.86. The fraction of sp³-hybridized carbons (Fsp3) is 0.241. The van der Waals surface area contributed by atoms with E-state index in [9.17, 15) is 13.2 Å². The highest BCUT2D eigenvalue weighted by Gasteiger charge is 2.17. The highest BCUT2D eigenvalue weighted by Crippen LogP contribution is 2.34. The van der Waals surface area contributed by atoms with Crippen LogP contribution in [-0.2, 0) is 6.42 Å². The molecule has 4 aromatic rings. The number of fused-ring (bicyclic) bond motifs is 1. The lowest BCUT2D eigenvalue weighted by atomic mass is 9.95. The third kappa shape index (κ3) is 4.79. The lowest BCUT2D eigenvalue weighted by molar-refractivity contribution is 0.360. The molecule has 0 bridgehead atoms. The minimum absolute atomic E-state index is 0.0121. The summed E-state index contributed by atoms with van der Waals surface area (Å²) < 4.78 is 63.1. The molecule has 34 heavy (non-hydrogen) atoms. The van der Waals surface area contributed by atoms with Crippen molar-refractivity contribution in [2.75, 3.05) is 7.11 Å². The lowest BCUT2D eigenvalue weighted by Crippen LogP contribution is -1.95. The Hall–Kier alpha value is -3.34. The molecule has 0 N–H and O–H groups in total. The molecule has 0 aromatic heterocycles. The second kappa shape index (κ2) is 10.3. The van der Waals surface area contributed by atoms with Gasteiger partial charge in [-0.15, -0.1) is 0 Å². The minimum Gasteiger partial charge on any atom is -0.491 e. The van der Waals surface area contributed by atoms with E-state index in [-0.39, 0.29) is 16.7 Å². The number of hydrogen-bond acceptors (Lipinski definition) is 1. The fourth-order valence-electron chi connectivity index (χ4n) is 4.30. The first kappa shape index (κ1) is 23.8. The summed E-state index contributed by atoms with van der Waals surface area (Å²) in [5.41, 5.74) is 1.83. The number of methoxy groups -OCH3 is 1. The molecule has 0 saturated heterocycles. The first-order valence-electron chi connectivity index (χ1n) is 11.5. The van der Waals surface area contributed by atoms with E-state index in [0.29, 0.717) is 10.9 Å². The molecule has 176 valence electrons. The van der Waals surface area contributed by atoms with Crippen molar-refractivity contribution in [1.82, 2.24) is 0 Å². The third-order valence-electron chi connectivity index (χ3n) is 6.13. The predicted molar refractivity (Wildman–Crippen MR) is 129 cm³/mol. The van der Waals surface area contributed by atoms with Crippen LogP contribution in [0.5, 0.6) is 5.75 Å². The molecule has 4 rings (SSSR count). The molecule has 0 heterocycles. The van der Waals surface area contributed by atoms with E-state index in [4.69, 9.17) is 0 Å². The minimum atomic E-state index is -0.925. The molecule has 1 nitrogen and oxygen atoms in total. The Bertz CT molecular complexity index is 1310. The summed E-state index contributed by atoms with van der Waals surface area (Å²) in [6.07, 6.45) is 5.63. The topological polar surface area (TPSA) is 9.23 Å². The van der Waals surface area contributed by atoms with E-state index < -0.39 is 29.0 Å². The summed E-state index contributed by atoms with van der Waals surface area (Å²) >= 11 is 0. The van der Waals surface area contributed by atoms with Crippen LogP contribution >= 0.6 is 0 Å². The van der Waals surface area contributed by atoms with E-state index in [0.717, 1.165) is 37.5 Å². The van der Waals surface area contributed by atoms with Crippen LogP contribution < -0.4 is 4.74 Å². The van der Waals surface area contributed by atoms with Crippen molar-refractivity contribution in [3.8, 4) is 28.0 Å². The van der Waals surface area contributed by atoms with Gasteiger partial charge in [-0.3, -0.25) is 0 Å². The van der Waals surface area contributed by atoms with Crippen LogP contribution in [0, 0.1) is 23.3 Å². The van der Waals surface area contributed by atoms with Gasteiger partial charge >= 0.3 is 0 Å². The first-order chi connectivity index (χ1) is 16.4. The van der Waals surface area contributed by atoms with Crippen LogP contribution in [0.25, 0.3) is 33.0 Å². The van der Waals surface area contributed by atoms with Crippen LogP contribution in [0.15, 0.2) is 60.7 Å². The number of hydrogen-bond donors (Lipinski definition) is 0. The number of ether oxygens (including phenoxy) is 1. The maximum atomic E-state index is 15.3. The van der Waals surface area contributed by atoms with Crippen LogP contribution in [0.2, 0.25) is 0 Å². The average molecular weight is 467 g/mol. The van der Waals surface area contributed by atoms with E-state index in [2.05, 4.69) is 11.7 Å². The molecule has 0 amide bonds. The van der Waals surface area contributed by atoms with Crippen LogP contribution in [0.3, 0.4) is 0 Å². The second-order valence-corrected chi connectivity index (χ2v) is 8.46. The van der Waals surface area contributed by atoms with Crippen molar-refractivity contribution in [3.63, 3.8) is 0 Å². The van der Waals surface area contributed by atoms with Crippen LogP contribution in [-0.4, -0.2) is 7.11 Å². The zero-order valence-electron chi connectivity index (χ0n) is 19.2. The number of unbranched alkanes of at least 4 members (excludes halogenated alkanes) is 3. The largest absolute Gasteiger partial charge is 0.491 e. The van der Waals surface area contributed by atoms with Gasteiger partial charge in [0.1, 0.15) is 11.6 Å². The van der Waals surface area contributed by atoms with Gasteiger partial charge < -0.3 is 4.74 Å². The SMILES string of the molecule is CCCCCCc1ccc2c(F)c(-c3ccc(-c4cc(F)c(OC)c(F)c4)c(F)c3)ccc2c1. The Morgan fingerprint density at radius 3 is 2.06 bits per heavy atom. The molecule has 0 fully saturated rings. The van der Waals surface area contributed by atoms with Gasteiger partial charge in [0.2, 0.25) is 0 Å². The van der Waals surface area contributed by atoms with Crippen molar-refractivity contribution in [1.29, 1.82) is 0 Å². The van der Waals surface area contributed by atoms with Gasteiger partial charge in [0.25, 0.3) is 0 Å². The Kier molecular flexibility index (Phi) is 7.20. The maximum Gasteiger partial charge on any atom is 0.190 e. The van der Waals surface area contributed by atoms with Gasteiger partial charge in [-0.05, 0) is 53.1 Å². The van der Waals surface area contributed by atoms with Crippen LogP contribution in [0.4, 0.5) is 17.6 Å². The molecule has 0 aliphatic heterocycles. The highest BCUT2D eigenvalue weighted by molar-refractivity contribution is 5.89. The van der Waals surface area contributed by atoms with Gasteiger partial charge in [-0.25, -0.2) is 17.6 Å². The number of halogens is 4. The molecular formula is C29H26F4O. The molecule has 0 unspecified atom stereocenters. The Morgan fingerprint density at radius 2 is 1.38 bits per heavy atom. The third-order valence-corrected chi connectivity index (χ3v) is 6.13. The highest BCUT2D eigenvalue weighted by atomic mass is 19.1. The monoisotopic (exact) mass is 466 g/mol. The van der Waals surface area contributed by atoms with Crippen molar-refractivity contribution >= 4 is 10.8 Å². The fourth-order valence-corrected chi connectivity index (χ4v) is 4.30. The Labute approximate surface area is 197 Å². The second-order valence-electron chi connectivity index (χ2n) is 8.46. The molecule has 0 aliphatic rings. The van der Waals surface area contributed by atoms with Gasteiger partial charge in [-0.1, -0.05) is 68.7 Å². The number of benzene rings is 4. The van der Waals surface area contributed by atoms with Gasteiger partial charge in [0.15, 0.2) is 17.4 Å². The van der Waals surface area contributed by atoms with E-state index in [1.807, 2.05) is 18.2 Å². The molecule has 0 aliphatic carbocycles. The Morgan fingerprint density at radius 1 is 0.676 bits per heavy atom. The van der Waals surface area contributed by atoms with E-state index in [1.54, 1.807) is 18.2 Å². The summed E-state index contributed by atoms with van der Waals surface area (Å²) in [6.45, 7) is 2.18. The Balaban J connectivity index is 1.64. The first-order valence-corrected chi connectivity index (χ1v) is 11.5. The quantitative estimate of drug-likeness (QED) is 0.186. The molecule has 0 atom stereocenters. The van der Waals surface area contributed by atoms with Crippen LogP contribution in [0.1, 0.15) is 38.2 Å². The zero-order chi connectivity index (χ0) is 24.2. The average Bonchev–Trinajstić information content (AvgIpc) is 2.82. The summed E-state index contributed by atoms with van der Waals surface area (Å²) in [7, 11) is 1.16. The van der Waals surface area contributed by atoms with E-state index in [1.165, 1.54) is 37.0 Å². The van der Waals surface area contributed by atoms with Crippen molar-refractivity contribution < 1.29 is 22.3 Å². The summed E-state index contributed by atoms with van der Waals surface area (Å²) in [5, 5.41) is 1.27. The normalized spacial score (nSPS) is 11.2. The molecule has 5 heteroatoms.